The van der Waals surface area contributed by atoms with Crippen molar-refractivity contribution in [3.05, 3.63) is 99.5 Å². The van der Waals surface area contributed by atoms with Crippen molar-refractivity contribution in [2.45, 2.75) is 18.7 Å². The lowest BCUT2D eigenvalue weighted by molar-refractivity contribution is -0.0190. The van der Waals surface area contributed by atoms with Crippen molar-refractivity contribution in [2.75, 3.05) is 0 Å². The van der Waals surface area contributed by atoms with Gasteiger partial charge in [0.1, 0.15) is 5.75 Å². The summed E-state index contributed by atoms with van der Waals surface area (Å²) in [5.74, 6) is 0.852. The molecule has 5 rings (SSSR count). The van der Waals surface area contributed by atoms with E-state index in [2.05, 4.69) is 12.1 Å². The molecule has 2 heterocycles. The minimum absolute atomic E-state index is 0.0864. The van der Waals surface area contributed by atoms with Crippen molar-refractivity contribution in [2.24, 2.45) is 5.10 Å². The van der Waals surface area contributed by atoms with Gasteiger partial charge in [0.2, 0.25) is 6.23 Å². The summed E-state index contributed by atoms with van der Waals surface area (Å²) < 4.78 is 6.33. The molecule has 5 heteroatoms. The molecule has 3 aromatic carbocycles. The molecule has 0 saturated carbocycles. The van der Waals surface area contributed by atoms with Gasteiger partial charge in [-0.3, -0.25) is 0 Å². The number of hydrogen-bond donors (Lipinski definition) is 0. The maximum atomic E-state index is 6.33. The Bertz CT molecular complexity index is 1020. The minimum Gasteiger partial charge on any atom is -0.464 e. The lowest BCUT2D eigenvalue weighted by atomic mass is 9.96. The molecule has 0 aliphatic carbocycles. The lowest BCUT2D eigenvalue weighted by Gasteiger charge is -2.38. The fourth-order valence-electron chi connectivity index (χ4n) is 3.71. The predicted octanol–water partition coefficient (Wildman–Crippen LogP) is 6.24. The molecule has 0 amide bonds. The SMILES string of the molecule is Clc1ccc([C@@H]2Oc3ccc(Cl)cc3[C@H]3CC(c4ccccc4)=NN32)cc1. The zero-order valence-electron chi connectivity index (χ0n) is 14.3. The highest BCUT2D eigenvalue weighted by molar-refractivity contribution is 6.30. The van der Waals surface area contributed by atoms with Crippen LogP contribution in [0.15, 0.2) is 77.9 Å². The van der Waals surface area contributed by atoms with Gasteiger partial charge in [0.25, 0.3) is 0 Å². The second-order valence-electron chi connectivity index (χ2n) is 6.72. The van der Waals surface area contributed by atoms with Crippen LogP contribution >= 0.6 is 23.2 Å². The van der Waals surface area contributed by atoms with E-state index in [1.165, 1.54) is 0 Å². The van der Waals surface area contributed by atoms with Crippen LogP contribution in [0.25, 0.3) is 0 Å². The molecule has 3 aromatic rings. The number of rotatable bonds is 2. The highest BCUT2D eigenvalue weighted by atomic mass is 35.5. The zero-order valence-corrected chi connectivity index (χ0v) is 15.9. The summed E-state index contributed by atoms with van der Waals surface area (Å²) in [5.41, 5.74) is 4.27. The average molecular weight is 395 g/mol. The van der Waals surface area contributed by atoms with Crippen molar-refractivity contribution < 1.29 is 4.74 Å². The van der Waals surface area contributed by atoms with Crippen molar-refractivity contribution in [1.29, 1.82) is 0 Å². The molecule has 134 valence electrons. The normalized spacial score (nSPS) is 20.5. The van der Waals surface area contributed by atoms with Crippen molar-refractivity contribution >= 4 is 28.9 Å². The van der Waals surface area contributed by atoms with Crippen LogP contribution in [0.3, 0.4) is 0 Å². The van der Waals surface area contributed by atoms with Gasteiger partial charge in [-0.15, -0.1) is 0 Å². The Kier molecular flexibility index (Phi) is 4.07. The number of nitrogens with zero attached hydrogens (tertiary/aromatic N) is 2. The third-order valence-corrected chi connectivity index (χ3v) is 5.50. The third-order valence-electron chi connectivity index (χ3n) is 5.01. The van der Waals surface area contributed by atoms with E-state index in [0.29, 0.717) is 10.0 Å². The van der Waals surface area contributed by atoms with Crippen LogP contribution in [0.2, 0.25) is 10.0 Å². The fourth-order valence-corrected chi connectivity index (χ4v) is 4.02. The van der Waals surface area contributed by atoms with Crippen LogP contribution in [0.4, 0.5) is 0 Å². The Hall–Kier alpha value is -2.49. The molecular formula is C22H16Cl2N2O. The van der Waals surface area contributed by atoms with E-state index in [1.54, 1.807) is 0 Å². The Morgan fingerprint density at radius 2 is 1.63 bits per heavy atom. The van der Waals surface area contributed by atoms with Crippen LogP contribution < -0.4 is 4.74 Å². The van der Waals surface area contributed by atoms with Crippen LogP contribution in [-0.2, 0) is 0 Å². The molecular weight excluding hydrogens is 379 g/mol. The molecule has 2 aliphatic heterocycles. The van der Waals surface area contributed by atoms with Gasteiger partial charge >= 0.3 is 0 Å². The van der Waals surface area contributed by atoms with Gasteiger partial charge in [0.15, 0.2) is 0 Å². The van der Waals surface area contributed by atoms with Crippen LogP contribution in [-0.4, -0.2) is 10.7 Å². The van der Waals surface area contributed by atoms with Gasteiger partial charge in [-0.2, -0.15) is 5.10 Å². The van der Waals surface area contributed by atoms with Gasteiger partial charge in [0, 0.05) is 27.6 Å². The summed E-state index contributed by atoms with van der Waals surface area (Å²) >= 11 is 12.3. The number of fused-ring (bicyclic) bond motifs is 3. The summed E-state index contributed by atoms with van der Waals surface area (Å²) in [4.78, 5) is 0. The molecule has 0 N–H and O–H groups in total. The van der Waals surface area contributed by atoms with E-state index in [4.69, 9.17) is 33.0 Å². The predicted molar refractivity (Wildman–Crippen MR) is 108 cm³/mol. The molecule has 27 heavy (non-hydrogen) atoms. The smallest absolute Gasteiger partial charge is 0.213 e. The molecule has 3 nitrogen and oxygen atoms in total. The van der Waals surface area contributed by atoms with Crippen LogP contribution in [0.1, 0.15) is 35.4 Å². The van der Waals surface area contributed by atoms with Crippen molar-refractivity contribution in [3.8, 4) is 5.75 Å². The second-order valence-corrected chi connectivity index (χ2v) is 7.59. The first kappa shape index (κ1) is 16.7. The summed E-state index contributed by atoms with van der Waals surface area (Å²) in [7, 11) is 0. The Morgan fingerprint density at radius 1 is 0.889 bits per heavy atom. The van der Waals surface area contributed by atoms with Crippen molar-refractivity contribution in [3.63, 3.8) is 0 Å². The van der Waals surface area contributed by atoms with E-state index in [9.17, 15) is 0 Å². The number of hydrazone groups is 1. The first-order valence-corrected chi connectivity index (χ1v) is 9.57. The van der Waals surface area contributed by atoms with Crippen molar-refractivity contribution in [1.82, 2.24) is 5.01 Å². The summed E-state index contributed by atoms with van der Waals surface area (Å²) in [6.07, 6.45) is 0.507. The second kappa shape index (κ2) is 6.59. The summed E-state index contributed by atoms with van der Waals surface area (Å²) in [6, 6.07) is 23.9. The average Bonchev–Trinajstić information content (AvgIpc) is 3.15. The van der Waals surface area contributed by atoms with E-state index in [-0.39, 0.29) is 12.3 Å². The monoisotopic (exact) mass is 394 g/mol. The highest BCUT2D eigenvalue weighted by Gasteiger charge is 2.41. The van der Waals surface area contributed by atoms with E-state index >= 15 is 0 Å². The van der Waals surface area contributed by atoms with E-state index in [1.807, 2.05) is 65.7 Å². The molecule has 0 radical (unpaired) electrons. The molecule has 0 aromatic heterocycles. The molecule has 0 unspecified atom stereocenters. The highest BCUT2D eigenvalue weighted by Crippen LogP contribution is 2.48. The number of benzene rings is 3. The number of ether oxygens (including phenoxy) is 1. The Balaban J connectivity index is 1.61. The molecule has 2 atom stereocenters. The first-order valence-electron chi connectivity index (χ1n) is 8.82. The maximum Gasteiger partial charge on any atom is 0.213 e. The molecule has 2 aliphatic rings. The quantitative estimate of drug-likeness (QED) is 0.513. The molecule has 0 saturated heterocycles. The standard InChI is InChI=1S/C22H16Cl2N2O/c23-16-8-6-15(7-9-16)22-26-20(18-12-17(24)10-11-21(18)27-22)13-19(25-26)14-4-2-1-3-5-14/h1-12,20,22H,13H2/t20-,22+/m1/s1. The maximum absolute atomic E-state index is 6.33. The number of halogens is 2. The third kappa shape index (κ3) is 2.97. The molecule has 0 bridgehead atoms. The van der Waals surface area contributed by atoms with Gasteiger partial charge in [-0.25, -0.2) is 5.01 Å². The molecule has 0 fully saturated rings. The van der Waals surface area contributed by atoms with Crippen LogP contribution in [0, 0.1) is 0 Å². The zero-order chi connectivity index (χ0) is 18.4. The number of hydrogen-bond acceptors (Lipinski definition) is 3. The summed E-state index contributed by atoms with van der Waals surface area (Å²) in [6.45, 7) is 0. The largest absolute Gasteiger partial charge is 0.464 e. The van der Waals surface area contributed by atoms with Crippen LogP contribution in [0.5, 0.6) is 5.75 Å². The lowest BCUT2D eigenvalue weighted by Crippen LogP contribution is -2.33. The molecule has 0 spiro atoms. The minimum atomic E-state index is -0.304. The Labute approximate surface area is 167 Å². The Morgan fingerprint density at radius 3 is 2.41 bits per heavy atom. The van der Waals surface area contributed by atoms with Gasteiger partial charge in [0.05, 0.1) is 11.8 Å². The first-order chi connectivity index (χ1) is 13.2. The van der Waals surface area contributed by atoms with Gasteiger partial charge < -0.3 is 4.74 Å². The topological polar surface area (TPSA) is 24.8 Å². The van der Waals surface area contributed by atoms with Gasteiger partial charge in [-0.05, 0) is 35.9 Å². The van der Waals surface area contributed by atoms with Gasteiger partial charge in [-0.1, -0.05) is 65.7 Å². The van der Waals surface area contributed by atoms with E-state index in [0.717, 1.165) is 34.6 Å². The fraction of sp³-hybridized carbons (Fsp3) is 0.136. The summed E-state index contributed by atoms with van der Waals surface area (Å²) in [5, 5.41) is 8.39. The van der Waals surface area contributed by atoms with E-state index < -0.39 is 0 Å².